The van der Waals surface area contributed by atoms with Crippen LogP contribution in [0.1, 0.15) is 39.0 Å². The van der Waals surface area contributed by atoms with Crippen molar-refractivity contribution in [3.8, 4) is 0 Å². The van der Waals surface area contributed by atoms with Gasteiger partial charge in [0.25, 0.3) is 5.91 Å². The van der Waals surface area contributed by atoms with Crippen molar-refractivity contribution in [1.82, 2.24) is 10.6 Å². The van der Waals surface area contributed by atoms with Gasteiger partial charge in [0.2, 0.25) is 0 Å². The summed E-state index contributed by atoms with van der Waals surface area (Å²) in [5.74, 6) is -1.23. The highest BCUT2D eigenvalue weighted by atomic mass is 16.4. The van der Waals surface area contributed by atoms with Gasteiger partial charge < -0.3 is 10.4 Å². The van der Waals surface area contributed by atoms with Gasteiger partial charge in [-0.2, -0.15) is 0 Å². The number of carbonyl (C=O) groups is 3. The number of amides is 3. The van der Waals surface area contributed by atoms with E-state index in [-0.39, 0.29) is 6.04 Å². The summed E-state index contributed by atoms with van der Waals surface area (Å²) >= 11 is 0. The zero-order valence-corrected chi connectivity index (χ0v) is 11.0. The molecular formula is C13H20N2O4. The molecule has 1 aliphatic rings. The summed E-state index contributed by atoms with van der Waals surface area (Å²) in [6.07, 6.45) is 6.70. The Morgan fingerprint density at radius 2 is 1.79 bits per heavy atom. The molecule has 6 heteroatoms. The van der Waals surface area contributed by atoms with E-state index in [4.69, 9.17) is 5.11 Å². The average molecular weight is 268 g/mol. The summed E-state index contributed by atoms with van der Waals surface area (Å²) in [4.78, 5) is 32.9. The fraction of sp³-hybridized carbons (Fsp3) is 0.615. The first-order chi connectivity index (χ1) is 9.01. The maximum Gasteiger partial charge on any atom is 0.328 e. The second kappa shape index (κ2) is 7.56. The van der Waals surface area contributed by atoms with Gasteiger partial charge in [-0.15, -0.1) is 0 Å². The highest BCUT2D eigenvalue weighted by Crippen LogP contribution is 2.26. The Kier molecular flexibility index (Phi) is 6.05. The minimum Gasteiger partial charge on any atom is -0.478 e. The van der Waals surface area contributed by atoms with E-state index in [0.717, 1.165) is 44.1 Å². The van der Waals surface area contributed by atoms with Gasteiger partial charge in [-0.3, -0.25) is 10.1 Å². The molecule has 0 aliphatic heterocycles. The van der Waals surface area contributed by atoms with Crippen molar-refractivity contribution in [2.75, 3.05) is 0 Å². The van der Waals surface area contributed by atoms with Gasteiger partial charge in [0.1, 0.15) is 0 Å². The van der Waals surface area contributed by atoms with Crippen LogP contribution >= 0.6 is 0 Å². The molecule has 0 aromatic carbocycles. The molecule has 3 N–H and O–H groups in total. The second-order valence-corrected chi connectivity index (χ2v) is 4.76. The van der Waals surface area contributed by atoms with Crippen LogP contribution in [-0.2, 0) is 9.59 Å². The lowest BCUT2D eigenvalue weighted by atomic mass is 9.85. The molecule has 1 saturated carbocycles. The molecule has 0 radical (unpaired) electrons. The fourth-order valence-corrected chi connectivity index (χ4v) is 2.24. The molecule has 3 amide bonds. The minimum atomic E-state index is -1.23. The highest BCUT2D eigenvalue weighted by Gasteiger charge is 2.21. The van der Waals surface area contributed by atoms with Crippen LogP contribution in [0.4, 0.5) is 4.79 Å². The van der Waals surface area contributed by atoms with Crippen LogP contribution < -0.4 is 10.6 Å². The number of aliphatic carboxylic acids is 1. The van der Waals surface area contributed by atoms with E-state index in [1.165, 1.54) is 0 Å². The quantitative estimate of drug-likeness (QED) is 0.672. The van der Waals surface area contributed by atoms with Gasteiger partial charge in [-0.25, -0.2) is 9.59 Å². The Bertz CT molecular complexity index is 371. The van der Waals surface area contributed by atoms with Crippen molar-refractivity contribution in [2.24, 2.45) is 5.92 Å². The van der Waals surface area contributed by atoms with Gasteiger partial charge in [-0.05, 0) is 31.6 Å². The van der Waals surface area contributed by atoms with Gasteiger partial charge in [0, 0.05) is 18.2 Å². The predicted octanol–water partition coefficient (Wildman–Crippen LogP) is 1.42. The summed E-state index contributed by atoms with van der Waals surface area (Å²) in [6, 6.07) is -0.473. The smallest absolute Gasteiger partial charge is 0.328 e. The monoisotopic (exact) mass is 268 g/mol. The molecule has 19 heavy (non-hydrogen) atoms. The Morgan fingerprint density at radius 3 is 2.32 bits per heavy atom. The molecule has 6 nitrogen and oxygen atoms in total. The number of imide groups is 1. The molecule has 0 unspecified atom stereocenters. The number of carboxylic acids is 1. The van der Waals surface area contributed by atoms with Crippen molar-refractivity contribution in [3.05, 3.63) is 12.2 Å². The molecule has 1 fully saturated rings. The largest absolute Gasteiger partial charge is 0.478 e. The summed E-state index contributed by atoms with van der Waals surface area (Å²) < 4.78 is 0. The third kappa shape index (κ3) is 6.03. The van der Waals surface area contributed by atoms with Crippen molar-refractivity contribution >= 4 is 17.9 Å². The standard InChI is InChI=1S/C13H20N2O4/c1-2-9-3-5-10(6-4-9)14-13(19)15-11(16)7-8-12(17)18/h7-10H,2-6H2,1H3,(H,17,18)(H2,14,15,16,19)/b8-7+. The molecular weight excluding hydrogens is 248 g/mol. The van der Waals surface area contributed by atoms with E-state index in [9.17, 15) is 14.4 Å². The molecule has 1 aliphatic carbocycles. The third-order valence-electron chi connectivity index (χ3n) is 3.37. The maximum atomic E-state index is 11.5. The Hall–Kier alpha value is -1.85. The van der Waals surface area contributed by atoms with Crippen LogP contribution in [0.15, 0.2) is 12.2 Å². The van der Waals surface area contributed by atoms with Gasteiger partial charge in [-0.1, -0.05) is 13.3 Å². The Morgan fingerprint density at radius 1 is 1.16 bits per heavy atom. The van der Waals surface area contributed by atoms with Gasteiger partial charge in [0.15, 0.2) is 0 Å². The average Bonchev–Trinajstić information content (AvgIpc) is 2.37. The zero-order chi connectivity index (χ0) is 14.3. The van der Waals surface area contributed by atoms with E-state index >= 15 is 0 Å². The number of hydrogen-bond donors (Lipinski definition) is 3. The topological polar surface area (TPSA) is 95.5 Å². The lowest BCUT2D eigenvalue weighted by Crippen LogP contribution is -2.45. The van der Waals surface area contributed by atoms with Crippen LogP contribution in [0, 0.1) is 5.92 Å². The number of carboxylic acid groups (broad SMARTS) is 1. The van der Waals surface area contributed by atoms with E-state index < -0.39 is 17.9 Å². The number of urea groups is 1. The molecule has 1 rings (SSSR count). The van der Waals surface area contributed by atoms with E-state index in [2.05, 4.69) is 17.6 Å². The molecule has 0 heterocycles. The molecule has 0 aromatic rings. The molecule has 0 aromatic heterocycles. The highest BCUT2D eigenvalue weighted by molar-refractivity contribution is 6.02. The molecule has 0 spiro atoms. The van der Waals surface area contributed by atoms with E-state index in [0.29, 0.717) is 6.08 Å². The number of nitrogens with one attached hydrogen (secondary N) is 2. The van der Waals surface area contributed by atoms with Crippen LogP contribution in [0.3, 0.4) is 0 Å². The van der Waals surface area contributed by atoms with Crippen molar-refractivity contribution < 1.29 is 19.5 Å². The van der Waals surface area contributed by atoms with E-state index in [1.807, 2.05) is 0 Å². The summed E-state index contributed by atoms with van der Waals surface area (Å²) in [7, 11) is 0. The number of hydrogen-bond acceptors (Lipinski definition) is 3. The summed E-state index contributed by atoms with van der Waals surface area (Å²) in [5.41, 5.74) is 0. The van der Waals surface area contributed by atoms with Crippen LogP contribution in [0.2, 0.25) is 0 Å². The number of carbonyl (C=O) groups excluding carboxylic acids is 2. The summed E-state index contributed by atoms with van der Waals surface area (Å²) in [5, 5.41) is 13.1. The first-order valence-electron chi connectivity index (χ1n) is 6.53. The zero-order valence-electron chi connectivity index (χ0n) is 11.0. The fourth-order valence-electron chi connectivity index (χ4n) is 2.24. The number of rotatable bonds is 4. The van der Waals surface area contributed by atoms with Crippen molar-refractivity contribution in [3.63, 3.8) is 0 Å². The van der Waals surface area contributed by atoms with Crippen LogP contribution in [0.25, 0.3) is 0 Å². The van der Waals surface area contributed by atoms with Crippen LogP contribution in [0.5, 0.6) is 0 Å². The molecule has 0 bridgehead atoms. The van der Waals surface area contributed by atoms with Gasteiger partial charge >= 0.3 is 12.0 Å². The Labute approximate surface area is 112 Å². The second-order valence-electron chi connectivity index (χ2n) is 4.76. The Balaban J connectivity index is 2.28. The normalized spacial score (nSPS) is 23.0. The molecule has 0 saturated heterocycles. The lowest BCUT2D eigenvalue weighted by Gasteiger charge is -2.28. The van der Waals surface area contributed by atoms with Gasteiger partial charge in [0.05, 0.1) is 0 Å². The van der Waals surface area contributed by atoms with Crippen molar-refractivity contribution in [1.29, 1.82) is 0 Å². The molecule has 0 atom stereocenters. The maximum absolute atomic E-state index is 11.5. The van der Waals surface area contributed by atoms with Crippen molar-refractivity contribution in [2.45, 2.75) is 45.1 Å². The predicted molar refractivity (Wildman–Crippen MR) is 69.5 cm³/mol. The first kappa shape index (κ1) is 15.2. The minimum absolute atomic E-state index is 0.0963. The first-order valence-corrected chi connectivity index (χ1v) is 6.53. The lowest BCUT2D eigenvalue weighted by molar-refractivity contribution is -0.131. The van der Waals surface area contributed by atoms with Crippen LogP contribution in [-0.4, -0.2) is 29.1 Å². The van der Waals surface area contributed by atoms with E-state index in [1.54, 1.807) is 0 Å². The molecule has 106 valence electrons. The SMILES string of the molecule is CCC1CCC(NC(=O)NC(=O)/C=C/C(=O)O)CC1. The third-order valence-corrected chi connectivity index (χ3v) is 3.37. The summed E-state index contributed by atoms with van der Waals surface area (Å²) in [6.45, 7) is 2.17.